The van der Waals surface area contributed by atoms with Crippen LogP contribution in [0, 0.1) is 0 Å². The second-order valence-corrected chi connectivity index (χ2v) is 5.93. The number of rotatable bonds is 4. The molecular weight excluding hydrogens is 300 g/mol. The van der Waals surface area contributed by atoms with Crippen LogP contribution < -0.4 is 4.90 Å². The molecule has 8 nitrogen and oxygen atoms in total. The zero-order valence-electron chi connectivity index (χ0n) is 10.8. The van der Waals surface area contributed by atoms with Crippen LogP contribution in [0.4, 0.5) is 10.5 Å². The van der Waals surface area contributed by atoms with Crippen molar-refractivity contribution in [2.75, 3.05) is 17.2 Å². The second-order valence-electron chi connectivity index (χ2n) is 4.36. The average molecular weight is 312 g/mol. The third-order valence-corrected chi connectivity index (χ3v) is 3.56. The van der Waals surface area contributed by atoms with E-state index in [1.165, 1.54) is 12.1 Å². The lowest BCUT2D eigenvalue weighted by Gasteiger charge is -2.32. The number of hydrogen-bond donors (Lipinski definition) is 1. The predicted octanol–water partition coefficient (Wildman–Crippen LogP) is 0.260. The van der Waals surface area contributed by atoms with Gasteiger partial charge in [-0.05, 0) is 12.1 Å². The zero-order valence-corrected chi connectivity index (χ0v) is 11.6. The molecular formula is C12H12N2O6S. The van der Waals surface area contributed by atoms with E-state index < -0.39 is 46.7 Å². The van der Waals surface area contributed by atoms with Gasteiger partial charge in [0.1, 0.15) is 6.42 Å². The van der Waals surface area contributed by atoms with Gasteiger partial charge in [0.05, 0.1) is 11.4 Å². The molecule has 2 rings (SSSR count). The summed E-state index contributed by atoms with van der Waals surface area (Å²) < 4.78 is 30.2. The largest absolute Gasteiger partial charge is 0.338 e. The van der Waals surface area contributed by atoms with Gasteiger partial charge >= 0.3 is 6.03 Å². The first-order valence-electron chi connectivity index (χ1n) is 5.97. The van der Waals surface area contributed by atoms with Crippen LogP contribution in [0.1, 0.15) is 6.42 Å². The number of carbonyl (C=O) groups excluding carboxylic acids is 3. The molecule has 1 aromatic carbocycles. The minimum Gasteiger partial charge on any atom is -0.285 e. The van der Waals surface area contributed by atoms with Gasteiger partial charge in [0, 0.05) is 6.54 Å². The van der Waals surface area contributed by atoms with Crippen molar-refractivity contribution >= 4 is 33.7 Å². The predicted molar refractivity (Wildman–Crippen MR) is 72.1 cm³/mol. The summed E-state index contributed by atoms with van der Waals surface area (Å²) in [6, 6.07) is 7.05. The third-order valence-electron chi connectivity index (χ3n) is 2.86. The molecule has 0 saturated carbocycles. The molecule has 1 heterocycles. The Kier molecular flexibility index (Phi) is 4.05. The molecule has 1 N–H and O–H groups in total. The summed E-state index contributed by atoms with van der Waals surface area (Å²) in [5.74, 6) is -2.25. The molecule has 0 radical (unpaired) electrons. The number of imide groups is 2. The topological polar surface area (TPSA) is 112 Å². The lowest BCUT2D eigenvalue weighted by atomic mass is 10.2. The molecule has 1 fully saturated rings. The highest BCUT2D eigenvalue weighted by Gasteiger charge is 2.38. The Hall–Kier alpha value is -2.26. The van der Waals surface area contributed by atoms with Crippen molar-refractivity contribution < 1.29 is 27.4 Å². The Morgan fingerprint density at radius 3 is 2.24 bits per heavy atom. The van der Waals surface area contributed by atoms with Crippen molar-refractivity contribution in [1.82, 2.24) is 4.90 Å². The molecule has 0 atom stereocenters. The Labute approximate surface area is 120 Å². The number of hydrogen-bond acceptors (Lipinski definition) is 5. The zero-order chi connectivity index (χ0) is 15.6. The van der Waals surface area contributed by atoms with Gasteiger partial charge in [-0.3, -0.25) is 19.0 Å². The summed E-state index contributed by atoms with van der Waals surface area (Å²) in [4.78, 5) is 37.2. The molecule has 0 bridgehead atoms. The van der Waals surface area contributed by atoms with Gasteiger partial charge in [-0.25, -0.2) is 9.69 Å². The first-order valence-corrected chi connectivity index (χ1v) is 7.58. The molecule has 0 aliphatic carbocycles. The summed E-state index contributed by atoms with van der Waals surface area (Å²) in [6.07, 6.45) is -0.536. The SMILES string of the molecule is O=C1CC(=O)N(c2ccccc2)C(=O)N1CCS(=O)(=O)O. The highest BCUT2D eigenvalue weighted by molar-refractivity contribution is 7.85. The maximum atomic E-state index is 12.2. The Balaban J connectivity index is 2.26. The fourth-order valence-electron chi connectivity index (χ4n) is 1.90. The third kappa shape index (κ3) is 3.44. The number of nitrogens with zero attached hydrogens (tertiary/aromatic N) is 2. The van der Waals surface area contributed by atoms with Crippen LogP contribution in [0.15, 0.2) is 30.3 Å². The second kappa shape index (κ2) is 5.62. The van der Waals surface area contributed by atoms with Crippen molar-refractivity contribution in [3.05, 3.63) is 30.3 Å². The molecule has 9 heteroatoms. The summed E-state index contributed by atoms with van der Waals surface area (Å²) in [5, 5.41) is 0. The van der Waals surface area contributed by atoms with E-state index in [1.807, 2.05) is 0 Å². The lowest BCUT2D eigenvalue weighted by molar-refractivity contribution is -0.134. The van der Waals surface area contributed by atoms with Crippen molar-refractivity contribution in [3.8, 4) is 0 Å². The molecule has 0 aromatic heterocycles. The molecule has 112 valence electrons. The quantitative estimate of drug-likeness (QED) is 0.630. The van der Waals surface area contributed by atoms with Crippen LogP contribution in [0.25, 0.3) is 0 Å². The molecule has 1 saturated heterocycles. The fourth-order valence-corrected chi connectivity index (χ4v) is 2.31. The molecule has 1 aliphatic heterocycles. The number of amides is 4. The Morgan fingerprint density at radius 1 is 1.05 bits per heavy atom. The van der Waals surface area contributed by atoms with Crippen LogP contribution in [-0.4, -0.2) is 48.0 Å². The number of anilines is 1. The van der Waals surface area contributed by atoms with Gasteiger partial charge in [-0.1, -0.05) is 18.2 Å². The lowest BCUT2D eigenvalue weighted by Crippen LogP contribution is -2.56. The average Bonchev–Trinajstić information content (AvgIpc) is 2.37. The van der Waals surface area contributed by atoms with Crippen LogP contribution in [0.5, 0.6) is 0 Å². The Morgan fingerprint density at radius 2 is 1.67 bits per heavy atom. The monoisotopic (exact) mass is 312 g/mol. The van der Waals surface area contributed by atoms with Gasteiger partial charge in [0.2, 0.25) is 11.8 Å². The number of para-hydroxylation sites is 1. The maximum Gasteiger partial charge on any atom is 0.338 e. The van der Waals surface area contributed by atoms with E-state index in [1.54, 1.807) is 18.2 Å². The summed E-state index contributed by atoms with van der Waals surface area (Å²) in [7, 11) is -4.32. The van der Waals surface area contributed by atoms with Crippen LogP contribution in [-0.2, 0) is 19.7 Å². The highest BCUT2D eigenvalue weighted by Crippen LogP contribution is 2.21. The molecule has 21 heavy (non-hydrogen) atoms. The fraction of sp³-hybridized carbons (Fsp3) is 0.250. The van der Waals surface area contributed by atoms with E-state index in [2.05, 4.69) is 0 Å². The number of carbonyl (C=O) groups is 3. The number of benzene rings is 1. The van der Waals surface area contributed by atoms with E-state index >= 15 is 0 Å². The van der Waals surface area contributed by atoms with Crippen LogP contribution >= 0.6 is 0 Å². The molecule has 0 spiro atoms. The summed E-state index contributed by atoms with van der Waals surface area (Å²) in [5.41, 5.74) is 0.289. The van der Waals surface area contributed by atoms with Crippen LogP contribution in [0.3, 0.4) is 0 Å². The van der Waals surface area contributed by atoms with E-state index in [4.69, 9.17) is 4.55 Å². The van der Waals surface area contributed by atoms with Gasteiger partial charge < -0.3 is 0 Å². The molecule has 4 amide bonds. The van der Waals surface area contributed by atoms with Crippen molar-refractivity contribution in [2.24, 2.45) is 0 Å². The summed E-state index contributed by atoms with van der Waals surface area (Å²) >= 11 is 0. The van der Waals surface area contributed by atoms with Crippen molar-refractivity contribution in [3.63, 3.8) is 0 Å². The van der Waals surface area contributed by atoms with Crippen LogP contribution in [0.2, 0.25) is 0 Å². The number of urea groups is 1. The smallest absolute Gasteiger partial charge is 0.285 e. The van der Waals surface area contributed by atoms with E-state index in [0.29, 0.717) is 4.90 Å². The van der Waals surface area contributed by atoms with Gasteiger partial charge in [0.15, 0.2) is 0 Å². The van der Waals surface area contributed by atoms with Crippen molar-refractivity contribution in [2.45, 2.75) is 6.42 Å². The standard InChI is InChI=1S/C12H12N2O6S/c15-10-8-11(16)14(9-4-2-1-3-5-9)12(17)13(10)6-7-21(18,19)20/h1-5H,6-8H2,(H,18,19,20). The van der Waals surface area contributed by atoms with Gasteiger partial charge in [-0.2, -0.15) is 8.42 Å². The normalized spacial score (nSPS) is 16.5. The minimum atomic E-state index is -4.32. The first-order chi connectivity index (χ1) is 9.79. The first kappa shape index (κ1) is 15.1. The number of barbiturate groups is 1. The van der Waals surface area contributed by atoms with E-state index in [-0.39, 0.29) is 5.69 Å². The van der Waals surface area contributed by atoms with Gasteiger partial charge in [-0.15, -0.1) is 0 Å². The molecule has 1 aromatic rings. The maximum absolute atomic E-state index is 12.2. The van der Waals surface area contributed by atoms with Gasteiger partial charge in [0.25, 0.3) is 10.1 Å². The molecule has 0 unspecified atom stereocenters. The minimum absolute atomic E-state index is 0.289. The van der Waals surface area contributed by atoms with E-state index in [9.17, 15) is 22.8 Å². The van der Waals surface area contributed by atoms with E-state index in [0.717, 1.165) is 4.90 Å². The van der Waals surface area contributed by atoms with Crippen molar-refractivity contribution in [1.29, 1.82) is 0 Å². The summed E-state index contributed by atoms with van der Waals surface area (Å²) in [6.45, 7) is -0.507. The Bertz CT molecular complexity index is 685. The highest BCUT2D eigenvalue weighted by atomic mass is 32.2. The molecule has 1 aliphatic rings.